The Morgan fingerprint density at radius 1 is 1.24 bits per heavy atom. The van der Waals surface area contributed by atoms with E-state index < -0.39 is 23.3 Å². The molecule has 1 aliphatic heterocycles. The molecule has 0 bridgehead atoms. The van der Waals surface area contributed by atoms with Gasteiger partial charge in [-0.25, -0.2) is 4.79 Å². The third kappa shape index (κ3) is 4.21. The molecule has 3 atom stereocenters. The Labute approximate surface area is 202 Å². The Bertz CT molecular complexity index is 1150. The fourth-order valence-corrected chi connectivity index (χ4v) is 6.38. The molecule has 1 amide bonds. The van der Waals surface area contributed by atoms with Crippen molar-refractivity contribution in [3.05, 3.63) is 46.6 Å². The smallest absolute Gasteiger partial charge is 0.407 e. The standard InChI is InChI=1S/C25H29N5O3S/c1-34(33)23-27-21-15-25(9-6-17-4-2-3-5-18(17)14-25)10-7-20(21)22(28-23)29-12-13-30(24(31)32)19(16-29)8-11-26/h2-5,19H,6-10,12-16H2,1H3,(H,31,32)/t19-,25+,34?/m0/s1. The fraction of sp³-hybridized carbons (Fsp3) is 0.520. The van der Waals surface area contributed by atoms with Crippen molar-refractivity contribution in [2.24, 2.45) is 5.41 Å². The van der Waals surface area contributed by atoms with Crippen molar-refractivity contribution in [1.82, 2.24) is 14.9 Å². The second kappa shape index (κ2) is 9.08. The number of aryl methyl sites for hydroxylation is 1. The van der Waals surface area contributed by atoms with Gasteiger partial charge in [-0.1, -0.05) is 24.3 Å². The number of aromatic nitrogens is 2. The zero-order chi connectivity index (χ0) is 23.9. The summed E-state index contributed by atoms with van der Waals surface area (Å²) >= 11 is -1.33. The van der Waals surface area contributed by atoms with Crippen molar-refractivity contribution in [2.45, 2.75) is 56.1 Å². The number of rotatable bonds is 3. The van der Waals surface area contributed by atoms with E-state index in [-0.39, 0.29) is 11.8 Å². The first kappa shape index (κ1) is 22.9. The number of nitriles is 1. The van der Waals surface area contributed by atoms with Crippen molar-refractivity contribution in [3.8, 4) is 6.07 Å². The van der Waals surface area contributed by atoms with Gasteiger partial charge in [0.25, 0.3) is 0 Å². The first-order valence-electron chi connectivity index (χ1n) is 11.8. The van der Waals surface area contributed by atoms with Crippen LogP contribution in [0.4, 0.5) is 10.6 Å². The summed E-state index contributed by atoms with van der Waals surface area (Å²) in [7, 11) is 0. The number of carbonyl (C=O) groups is 1. The lowest BCUT2D eigenvalue weighted by molar-refractivity contribution is 0.119. The van der Waals surface area contributed by atoms with Gasteiger partial charge in [-0.15, -0.1) is 0 Å². The minimum atomic E-state index is -1.33. The zero-order valence-corrected chi connectivity index (χ0v) is 20.2. The molecule has 1 unspecified atom stereocenters. The highest BCUT2D eigenvalue weighted by molar-refractivity contribution is 7.90. The van der Waals surface area contributed by atoms with Crippen molar-refractivity contribution >= 4 is 23.1 Å². The average Bonchev–Trinajstić information content (AvgIpc) is 2.83. The molecule has 178 valence electrons. The van der Waals surface area contributed by atoms with Crippen LogP contribution in [-0.2, 0) is 36.9 Å². The molecule has 8 nitrogen and oxygen atoms in total. The summed E-state index contributed by atoms with van der Waals surface area (Å²) in [6.45, 7) is 1.20. The van der Waals surface area contributed by atoms with Crippen LogP contribution in [0, 0.1) is 16.7 Å². The minimum Gasteiger partial charge on any atom is -0.609 e. The van der Waals surface area contributed by atoms with Crippen LogP contribution < -0.4 is 4.90 Å². The predicted molar refractivity (Wildman–Crippen MR) is 128 cm³/mol. The summed E-state index contributed by atoms with van der Waals surface area (Å²) in [5, 5.41) is 19.1. The maximum atomic E-state index is 12.4. The number of hydrogen-bond acceptors (Lipinski definition) is 6. The molecular weight excluding hydrogens is 450 g/mol. The highest BCUT2D eigenvalue weighted by Crippen LogP contribution is 2.46. The molecule has 3 aliphatic rings. The molecule has 2 heterocycles. The van der Waals surface area contributed by atoms with Gasteiger partial charge in [-0.2, -0.15) is 15.2 Å². The van der Waals surface area contributed by atoms with Crippen LogP contribution in [0.2, 0.25) is 0 Å². The van der Waals surface area contributed by atoms with E-state index in [9.17, 15) is 19.7 Å². The molecule has 5 rings (SSSR count). The molecular formula is C25H29N5O3S. The number of nitrogens with zero attached hydrogens (tertiary/aromatic N) is 5. The third-order valence-corrected chi connectivity index (χ3v) is 8.42. The van der Waals surface area contributed by atoms with Crippen LogP contribution in [0.25, 0.3) is 0 Å². The number of amides is 1. The zero-order valence-electron chi connectivity index (χ0n) is 19.4. The number of anilines is 1. The van der Waals surface area contributed by atoms with Gasteiger partial charge < -0.3 is 19.5 Å². The van der Waals surface area contributed by atoms with Crippen LogP contribution >= 0.6 is 0 Å². The normalized spacial score (nSPS) is 24.8. The second-order valence-electron chi connectivity index (χ2n) is 9.77. The van der Waals surface area contributed by atoms with Crippen molar-refractivity contribution in [2.75, 3.05) is 30.8 Å². The molecule has 1 aromatic heterocycles. The van der Waals surface area contributed by atoms with Crippen molar-refractivity contribution in [1.29, 1.82) is 5.26 Å². The van der Waals surface area contributed by atoms with Gasteiger partial charge in [-0.3, -0.25) is 0 Å². The Balaban J connectivity index is 1.47. The van der Waals surface area contributed by atoms with Gasteiger partial charge in [0.2, 0.25) is 0 Å². The first-order chi connectivity index (χ1) is 16.4. The third-order valence-electron chi connectivity index (χ3n) is 7.72. The summed E-state index contributed by atoms with van der Waals surface area (Å²) in [5.74, 6) is 0.772. The Morgan fingerprint density at radius 3 is 2.74 bits per heavy atom. The average molecular weight is 480 g/mol. The molecule has 0 saturated carbocycles. The van der Waals surface area contributed by atoms with Crippen molar-refractivity contribution < 1.29 is 14.5 Å². The Kier molecular flexibility index (Phi) is 6.13. The minimum absolute atomic E-state index is 0.130. The van der Waals surface area contributed by atoms with Crippen LogP contribution in [0.5, 0.6) is 0 Å². The van der Waals surface area contributed by atoms with E-state index in [0.29, 0.717) is 24.8 Å². The monoisotopic (exact) mass is 479 g/mol. The number of hydrogen-bond donors (Lipinski definition) is 1. The van der Waals surface area contributed by atoms with Crippen molar-refractivity contribution in [3.63, 3.8) is 0 Å². The lowest BCUT2D eigenvalue weighted by Gasteiger charge is -2.44. The van der Waals surface area contributed by atoms with Gasteiger partial charge in [0.15, 0.2) is 0 Å². The van der Waals surface area contributed by atoms with E-state index in [4.69, 9.17) is 9.97 Å². The lowest BCUT2D eigenvalue weighted by atomic mass is 9.63. The van der Waals surface area contributed by atoms with E-state index in [1.54, 1.807) is 6.26 Å². The van der Waals surface area contributed by atoms with E-state index in [0.717, 1.165) is 55.6 Å². The van der Waals surface area contributed by atoms with Gasteiger partial charge in [0, 0.05) is 36.4 Å². The van der Waals surface area contributed by atoms with E-state index in [1.165, 1.54) is 16.0 Å². The highest BCUT2D eigenvalue weighted by Gasteiger charge is 2.41. The molecule has 1 fully saturated rings. The summed E-state index contributed by atoms with van der Waals surface area (Å²) in [4.78, 5) is 24.6. The molecule has 1 spiro atoms. The van der Waals surface area contributed by atoms with Gasteiger partial charge >= 0.3 is 11.2 Å². The van der Waals surface area contributed by atoms with E-state index in [1.807, 2.05) is 0 Å². The predicted octanol–water partition coefficient (Wildman–Crippen LogP) is 2.96. The summed E-state index contributed by atoms with van der Waals surface area (Å²) < 4.78 is 12.4. The lowest BCUT2D eigenvalue weighted by Crippen LogP contribution is -2.55. The van der Waals surface area contributed by atoms with Crippen LogP contribution in [-0.4, -0.2) is 62.6 Å². The van der Waals surface area contributed by atoms with E-state index in [2.05, 4.69) is 35.2 Å². The topological polar surface area (TPSA) is 116 Å². The molecule has 2 aromatic rings. The number of benzene rings is 1. The molecule has 1 N–H and O–H groups in total. The fourth-order valence-electron chi connectivity index (χ4n) is 5.93. The molecule has 1 saturated heterocycles. The molecule has 1 aromatic carbocycles. The number of fused-ring (bicyclic) bond motifs is 2. The summed E-state index contributed by atoms with van der Waals surface area (Å²) in [6.07, 6.45) is 6.70. The number of carboxylic acid groups (broad SMARTS) is 1. The van der Waals surface area contributed by atoms with E-state index >= 15 is 0 Å². The maximum absolute atomic E-state index is 12.4. The number of piperazine rings is 1. The molecule has 0 radical (unpaired) electrons. The largest absolute Gasteiger partial charge is 0.609 e. The van der Waals surface area contributed by atoms with Crippen LogP contribution in [0.1, 0.15) is 41.6 Å². The molecule has 9 heteroatoms. The second-order valence-corrected chi connectivity index (χ2v) is 11.0. The molecule has 34 heavy (non-hydrogen) atoms. The first-order valence-corrected chi connectivity index (χ1v) is 13.4. The summed E-state index contributed by atoms with van der Waals surface area (Å²) in [5.41, 5.74) is 5.11. The van der Waals surface area contributed by atoms with Crippen LogP contribution in [0.15, 0.2) is 29.4 Å². The molecule has 2 aliphatic carbocycles. The quantitative estimate of drug-likeness (QED) is 0.531. The Morgan fingerprint density at radius 2 is 2.00 bits per heavy atom. The summed E-state index contributed by atoms with van der Waals surface area (Å²) in [6, 6.07) is 10.4. The van der Waals surface area contributed by atoms with Gasteiger partial charge in [0.05, 0.1) is 24.2 Å². The Hall–Kier alpha value is -2.83. The SMILES string of the molecule is C[S+]([O-])c1nc2c(c(N3CCN(C(=O)O)[C@@H](CC#N)C3)n1)CC[C@@]1(CCc3ccccc3C1)C2. The van der Waals surface area contributed by atoms with Gasteiger partial charge in [0.1, 0.15) is 12.1 Å². The van der Waals surface area contributed by atoms with Crippen LogP contribution in [0.3, 0.4) is 0 Å². The maximum Gasteiger partial charge on any atom is 0.407 e. The van der Waals surface area contributed by atoms with Gasteiger partial charge in [-0.05, 0) is 55.1 Å². The highest BCUT2D eigenvalue weighted by atomic mass is 32.2.